The Hall–Kier alpha value is -2.93. The molecule has 3 N–H and O–H groups in total. The predicted molar refractivity (Wildman–Crippen MR) is 102 cm³/mol. The second-order valence-electron chi connectivity index (χ2n) is 6.58. The quantitative estimate of drug-likeness (QED) is 0.684. The van der Waals surface area contributed by atoms with E-state index in [1.54, 1.807) is 24.5 Å². The molecule has 0 spiro atoms. The highest BCUT2D eigenvalue weighted by Crippen LogP contribution is 2.22. The fourth-order valence-corrected chi connectivity index (χ4v) is 2.97. The molecule has 3 rings (SSSR count). The first-order valence-electron chi connectivity index (χ1n) is 9.14. The molecule has 142 valence electrons. The molecule has 3 amide bonds. The number of urea groups is 1. The summed E-state index contributed by atoms with van der Waals surface area (Å²) in [6, 6.07) is 10.5. The van der Waals surface area contributed by atoms with Gasteiger partial charge in [0.25, 0.3) is 0 Å². The number of pyridine rings is 1. The molecule has 27 heavy (non-hydrogen) atoms. The van der Waals surface area contributed by atoms with E-state index in [4.69, 9.17) is 4.74 Å². The van der Waals surface area contributed by atoms with Gasteiger partial charge in [-0.2, -0.15) is 0 Å². The lowest BCUT2D eigenvalue weighted by molar-refractivity contribution is -0.121. The number of carbonyl (C=O) groups is 2. The minimum atomic E-state index is -0.510. The van der Waals surface area contributed by atoms with Gasteiger partial charge in [-0.05, 0) is 42.2 Å². The molecule has 0 aliphatic heterocycles. The van der Waals surface area contributed by atoms with Crippen LogP contribution in [0.5, 0.6) is 0 Å². The average molecular weight is 368 g/mol. The van der Waals surface area contributed by atoms with Crippen LogP contribution >= 0.6 is 0 Å². The third kappa shape index (κ3) is 6.38. The van der Waals surface area contributed by atoms with Gasteiger partial charge in [0.1, 0.15) is 0 Å². The van der Waals surface area contributed by atoms with Gasteiger partial charge < -0.3 is 10.1 Å². The molecule has 2 aromatic rings. The van der Waals surface area contributed by atoms with Crippen molar-refractivity contribution in [3.05, 3.63) is 59.9 Å². The first kappa shape index (κ1) is 18.8. The van der Waals surface area contributed by atoms with Crippen molar-refractivity contribution in [3.8, 4) is 0 Å². The van der Waals surface area contributed by atoms with Gasteiger partial charge in [0, 0.05) is 18.1 Å². The maximum absolute atomic E-state index is 11.9. The van der Waals surface area contributed by atoms with Crippen molar-refractivity contribution >= 4 is 17.6 Å². The van der Waals surface area contributed by atoms with Crippen molar-refractivity contribution in [3.63, 3.8) is 0 Å². The van der Waals surface area contributed by atoms with E-state index in [0.29, 0.717) is 18.4 Å². The van der Waals surface area contributed by atoms with Gasteiger partial charge in [-0.15, -0.1) is 0 Å². The molecule has 0 bridgehead atoms. The van der Waals surface area contributed by atoms with Gasteiger partial charge in [0.05, 0.1) is 19.1 Å². The summed E-state index contributed by atoms with van der Waals surface area (Å²) in [5.74, 6) is -0.322. The predicted octanol–water partition coefficient (Wildman–Crippen LogP) is 2.94. The van der Waals surface area contributed by atoms with E-state index in [9.17, 15) is 9.59 Å². The van der Waals surface area contributed by atoms with Crippen molar-refractivity contribution in [1.82, 2.24) is 15.8 Å². The van der Waals surface area contributed by atoms with Crippen LogP contribution in [0.25, 0.3) is 0 Å². The van der Waals surface area contributed by atoms with Crippen molar-refractivity contribution in [2.75, 3.05) is 5.32 Å². The van der Waals surface area contributed by atoms with E-state index >= 15 is 0 Å². The van der Waals surface area contributed by atoms with Crippen molar-refractivity contribution in [2.45, 2.75) is 44.8 Å². The first-order valence-corrected chi connectivity index (χ1v) is 9.14. The van der Waals surface area contributed by atoms with Gasteiger partial charge in [-0.3, -0.25) is 15.2 Å². The molecule has 7 heteroatoms. The Balaban J connectivity index is 1.37. The molecular weight excluding hydrogens is 344 g/mol. The lowest BCUT2D eigenvalue weighted by Crippen LogP contribution is -2.44. The molecule has 0 radical (unpaired) electrons. The Morgan fingerprint density at radius 1 is 1.04 bits per heavy atom. The van der Waals surface area contributed by atoms with Crippen LogP contribution in [0.15, 0.2) is 48.8 Å². The molecule has 1 fully saturated rings. The summed E-state index contributed by atoms with van der Waals surface area (Å²) in [5, 5.41) is 2.67. The summed E-state index contributed by atoms with van der Waals surface area (Å²) in [5.41, 5.74) is 7.17. The molecule has 7 nitrogen and oxygen atoms in total. The van der Waals surface area contributed by atoms with Gasteiger partial charge in [-0.25, -0.2) is 10.2 Å². The number of aromatic nitrogens is 1. The molecule has 0 unspecified atom stereocenters. The smallest absolute Gasteiger partial charge is 0.337 e. The number of hydrogen-bond donors (Lipinski definition) is 3. The first-order chi connectivity index (χ1) is 13.2. The van der Waals surface area contributed by atoms with E-state index < -0.39 is 6.03 Å². The van der Waals surface area contributed by atoms with Gasteiger partial charge in [0.2, 0.25) is 5.91 Å². The van der Waals surface area contributed by atoms with Crippen LogP contribution in [0.1, 0.15) is 36.8 Å². The summed E-state index contributed by atoms with van der Waals surface area (Å²) in [6.07, 6.45) is 8.56. The number of hydrogen-bond acceptors (Lipinski definition) is 4. The highest BCUT2D eigenvalue weighted by Gasteiger charge is 2.15. The third-order valence-electron chi connectivity index (χ3n) is 4.40. The molecule has 1 aromatic carbocycles. The minimum absolute atomic E-state index is 0.143. The van der Waals surface area contributed by atoms with E-state index in [2.05, 4.69) is 21.2 Å². The zero-order valence-electron chi connectivity index (χ0n) is 15.1. The summed E-state index contributed by atoms with van der Waals surface area (Å²) >= 11 is 0. The van der Waals surface area contributed by atoms with E-state index in [-0.39, 0.29) is 12.3 Å². The Bertz CT molecular complexity index is 744. The van der Waals surface area contributed by atoms with Crippen LogP contribution < -0.4 is 16.2 Å². The summed E-state index contributed by atoms with van der Waals surface area (Å²) in [7, 11) is 0. The van der Waals surface area contributed by atoms with Crippen molar-refractivity contribution in [2.24, 2.45) is 0 Å². The SMILES string of the molecule is O=C(Cc1cccnc1)NNC(=O)Nc1ccc(COC2CCCC2)cc1. The van der Waals surface area contributed by atoms with Crippen LogP contribution in [0.4, 0.5) is 10.5 Å². The molecule has 1 aliphatic rings. The largest absolute Gasteiger partial charge is 0.374 e. The molecule has 1 aromatic heterocycles. The Kier molecular flexibility index (Phi) is 6.76. The summed E-state index contributed by atoms with van der Waals surface area (Å²) in [6.45, 7) is 0.585. The van der Waals surface area contributed by atoms with Gasteiger partial charge >= 0.3 is 6.03 Å². The molecule has 1 saturated carbocycles. The monoisotopic (exact) mass is 368 g/mol. The molecular formula is C20H24N4O3. The number of carbonyl (C=O) groups excluding carboxylic acids is 2. The number of benzene rings is 1. The second-order valence-corrected chi connectivity index (χ2v) is 6.58. The molecule has 1 aliphatic carbocycles. The summed E-state index contributed by atoms with van der Waals surface area (Å²) < 4.78 is 5.87. The zero-order chi connectivity index (χ0) is 18.9. The molecule has 0 saturated heterocycles. The maximum atomic E-state index is 11.9. The van der Waals surface area contributed by atoms with Crippen LogP contribution in [-0.4, -0.2) is 23.0 Å². The number of nitrogens with one attached hydrogen (secondary N) is 3. The highest BCUT2D eigenvalue weighted by molar-refractivity contribution is 5.91. The number of rotatable bonds is 6. The Labute approximate surface area is 158 Å². The normalized spacial score (nSPS) is 13.9. The zero-order valence-corrected chi connectivity index (χ0v) is 15.1. The summed E-state index contributed by atoms with van der Waals surface area (Å²) in [4.78, 5) is 27.6. The Morgan fingerprint density at radius 3 is 2.52 bits per heavy atom. The van der Waals surface area contributed by atoms with Crippen LogP contribution in [-0.2, 0) is 22.6 Å². The van der Waals surface area contributed by atoms with Crippen molar-refractivity contribution in [1.29, 1.82) is 0 Å². The maximum Gasteiger partial charge on any atom is 0.337 e. The topological polar surface area (TPSA) is 92.4 Å². The lowest BCUT2D eigenvalue weighted by atomic mass is 10.2. The van der Waals surface area contributed by atoms with Gasteiger partial charge in [0.15, 0.2) is 0 Å². The molecule has 0 atom stereocenters. The van der Waals surface area contributed by atoms with E-state index in [1.807, 2.05) is 24.3 Å². The highest BCUT2D eigenvalue weighted by atomic mass is 16.5. The standard InChI is InChI=1S/C20H24N4O3/c25-19(12-16-4-3-11-21-13-16)23-24-20(26)22-17-9-7-15(8-10-17)14-27-18-5-1-2-6-18/h3-4,7-11,13,18H,1-2,5-6,12,14H2,(H,23,25)(H2,22,24,26). The fourth-order valence-electron chi connectivity index (χ4n) is 2.97. The number of ether oxygens (including phenoxy) is 1. The Morgan fingerprint density at radius 2 is 1.81 bits per heavy atom. The van der Waals surface area contributed by atoms with Gasteiger partial charge in [-0.1, -0.05) is 31.0 Å². The fraction of sp³-hybridized carbons (Fsp3) is 0.350. The van der Waals surface area contributed by atoms with Crippen molar-refractivity contribution < 1.29 is 14.3 Å². The second kappa shape index (κ2) is 9.68. The number of nitrogens with zero attached hydrogens (tertiary/aromatic N) is 1. The lowest BCUT2D eigenvalue weighted by Gasteiger charge is -2.12. The third-order valence-corrected chi connectivity index (χ3v) is 4.40. The number of hydrazine groups is 1. The average Bonchev–Trinajstić information content (AvgIpc) is 3.20. The minimum Gasteiger partial charge on any atom is -0.374 e. The van der Waals surface area contributed by atoms with E-state index in [0.717, 1.165) is 24.0 Å². The van der Waals surface area contributed by atoms with Crippen LogP contribution in [0.2, 0.25) is 0 Å². The number of anilines is 1. The van der Waals surface area contributed by atoms with E-state index in [1.165, 1.54) is 12.8 Å². The molecule has 1 heterocycles. The van der Waals surface area contributed by atoms with Crippen LogP contribution in [0.3, 0.4) is 0 Å². The number of amides is 3. The van der Waals surface area contributed by atoms with Crippen LogP contribution in [0, 0.1) is 0 Å².